The third-order valence-corrected chi connectivity index (χ3v) is 3.47. The van der Waals surface area contributed by atoms with Crippen LogP contribution in [0.4, 0.5) is 4.79 Å². The zero-order chi connectivity index (χ0) is 11.4. The summed E-state index contributed by atoms with van der Waals surface area (Å²) in [5.74, 6) is 0.632. The lowest BCUT2D eigenvalue weighted by Crippen LogP contribution is -2.40. The summed E-state index contributed by atoms with van der Waals surface area (Å²) < 4.78 is 5.36. The number of hydrogen-bond donors (Lipinski definition) is 2. The van der Waals surface area contributed by atoms with E-state index in [0.29, 0.717) is 12.0 Å². The Balaban J connectivity index is 1.61. The van der Waals surface area contributed by atoms with Gasteiger partial charge in [0.05, 0.1) is 6.61 Å². The molecule has 2 unspecified atom stereocenters. The van der Waals surface area contributed by atoms with Gasteiger partial charge < -0.3 is 20.3 Å². The average Bonchev–Trinajstić information content (AvgIpc) is 2.90. The lowest BCUT2D eigenvalue weighted by Gasteiger charge is -2.21. The minimum absolute atomic E-state index is 0.0682. The molecule has 2 N–H and O–H groups in total. The number of carbonyl (C=O) groups excluding carboxylic acids is 1. The van der Waals surface area contributed by atoms with E-state index in [1.165, 1.54) is 0 Å². The van der Waals surface area contributed by atoms with Crippen LogP contribution in [0.5, 0.6) is 0 Å². The number of hydrogen-bond acceptors (Lipinski definition) is 3. The molecule has 2 fully saturated rings. The molecule has 5 heteroatoms. The number of urea groups is 1. The first kappa shape index (κ1) is 11.7. The first-order valence-corrected chi connectivity index (χ1v) is 6.11. The van der Waals surface area contributed by atoms with Crippen LogP contribution in [-0.2, 0) is 4.74 Å². The first-order chi connectivity index (χ1) is 7.77. The summed E-state index contributed by atoms with van der Waals surface area (Å²) in [7, 11) is 0. The third kappa shape index (κ3) is 2.86. The van der Waals surface area contributed by atoms with Gasteiger partial charge in [0.1, 0.15) is 0 Å². The number of amides is 2. The van der Waals surface area contributed by atoms with E-state index in [4.69, 9.17) is 4.74 Å². The van der Waals surface area contributed by atoms with Crippen LogP contribution in [0.1, 0.15) is 13.3 Å². The van der Waals surface area contributed by atoms with Crippen LogP contribution in [-0.4, -0.2) is 56.4 Å². The highest BCUT2D eigenvalue weighted by Crippen LogP contribution is 2.16. The normalized spacial score (nSPS) is 27.2. The van der Waals surface area contributed by atoms with Crippen molar-refractivity contribution in [2.45, 2.75) is 19.4 Å². The third-order valence-electron chi connectivity index (χ3n) is 3.47. The van der Waals surface area contributed by atoms with Gasteiger partial charge in [0.25, 0.3) is 0 Å². The van der Waals surface area contributed by atoms with E-state index in [0.717, 1.165) is 45.8 Å². The van der Waals surface area contributed by atoms with Crippen molar-refractivity contribution in [1.82, 2.24) is 15.5 Å². The van der Waals surface area contributed by atoms with E-state index in [-0.39, 0.29) is 6.03 Å². The summed E-state index contributed by atoms with van der Waals surface area (Å²) in [5, 5.41) is 6.27. The minimum Gasteiger partial charge on any atom is -0.381 e. The lowest BCUT2D eigenvalue weighted by atomic mass is 10.0. The maximum Gasteiger partial charge on any atom is 0.317 e. The molecule has 0 aromatic rings. The highest BCUT2D eigenvalue weighted by atomic mass is 16.5. The summed E-state index contributed by atoms with van der Waals surface area (Å²) in [5.41, 5.74) is 0. The van der Waals surface area contributed by atoms with Gasteiger partial charge in [-0.3, -0.25) is 0 Å². The van der Waals surface area contributed by atoms with Gasteiger partial charge in [-0.15, -0.1) is 0 Å². The van der Waals surface area contributed by atoms with Crippen molar-refractivity contribution in [2.24, 2.45) is 5.92 Å². The monoisotopic (exact) mass is 227 g/mol. The maximum atomic E-state index is 11.3. The van der Waals surface area contributed by atoms with Crippen LogP contribution in [0.3, 0.4) is 0 Å². The minimum atomic E-state index is 0.0682. The fraction of sp³-hybridized carbons (Fsp3) is 0.909. The van der Waals surface area contributed by atoms with Crippen LogP contribution >= 0.6 is 0 Å². The Kier molecular flexibility index (Phi) is 4.01. The Morgan fingerprint density at radius 3 is 3.19 bits per heavy atom. The molecule has 0 spiro atoms. The molecular formula is C11H21N3O2. The number of nitrogens with zero attached hydrogens (tertiary/aromatic N) is 1. The molecule has 0 saturated carbocycles. The SMILES string of the molecule is CC(NCCN1CCNC1=O)C1CCOC1. The molecule has 16 heavy (non-hydrogen) atoms. The fourth-order valence-corrected chi connectivity index (χ4v) is 2.27. The number of nitrogens with one attached hydrogen (secondary N) is 2. The van der Waals surface area contributed by atoms with Gasteiger partial charge in [0.2, 0.25) is 0 Å². The molecule has 2 aliphatic rings. The molecule has 92 valence electrons. The molecule has 0 aliphatic carbocycles. The average molecular weight is 227 g/mol. The molecule has 0 radical (unpaired) electrons. The van der Waals surface area contributed by atoms with Crippen molar-refractivity contribution < 1.29 is 9.53 Å². The predicted molar refractivity (Wildman–Crippen MR) is 61.4 cm³/mol. The van der Waals surface area contributed by atoms with Crippen molar-refractivity contribution in [1.29, 1.82) is 0 Å². The summed E-state index contributed by atoms with van der Waals surface area (Å²) in [6.07, 6.45) is 1.15. The van der Waals surface area contributed by atoms with E-state index in [9.17, 15) is 4.79 Å². The van der Waals surface area contributed by atoms with E-state index >= 15 is 0 Å². The Morgan fingerprint density at radius 2 is 2.56 bits per heavy atom. The van der Waals surface area contributed by atoms with E-state index in [2.05, 4.69) is 17.6 Å². The van der Waals surface area contributed by atoms with Gasteiger partial charge in [-0.1, -0.05) is 0 Å². The summed E-state index contributed by atoms with van der Waals surface area (Å²) in [6, 6.07) is 0.548. The highest BCUT2D eigenvalue weighted by molar-refractivity contribution is 5.76. The van der Waals surface area contributed by atoms with Gasteiger partial charge in [-0.05, 0) is 19.3 Å². The van der Waals surface area contributed by atoms with Gasteiger partial charge in [0, 0.05) is 38.8 Å². The maximum absolute atomic E-state index is 11.3. The van der Waals surface area contributed by atoms with Crippen molar-refractivity contribution in [3.05, 3.63) is 0 Å². The molecule has 2 atom stereocenters. The largest absolute Gasteiger partial charge is 0.381 e. The number of carbonyl (C=O) groups is 1. The molecule has 5 nitrogen and oxygen atoms in total. The lowest BCUT2D eigenvalue weighted by molar-refractivity contribution is 0.177. The van der Waals surface area contributed by atoms with Crippen LogP contribution in [0.15, 0.2) is 0 Å². The molecule has 2 saturated heterocycles. The molecule has 0 aromatic carbocycles. The Hall–Kier alpha value is -0.810. The highest BCUT2D eigenvalue weighted by Gasteiger charge is 2.23. The quantitative estimate of drug-likeness (QED) is 0.696. The fourth-order valence-electron chi connectivity index (χ4n) is 2.27. The zero-order valence-corrected chi connectivity index (χ0v) is 9.87. The van der Waals surface area contributed by atoms with Crippen LogP contribution < -0.4 is 10.6 Å². The van der Waals surface area contributed by atoms with Crippen molar-refractivity contribution in [2.75, 3.05) is 39.4 Å². The van der Waals surface area contributed by atoms with E-state index in [1.54, 1.807) is 0 Å². The Labute approximate surface area is 96.5 Å². The molecule has 2 amide bonds. The van der Waals surface area contributed by atoms with Crippen LogP contribution in [0, 0.1) is 5.92 Å². The van der Waals surface area contributed by atoms with E-state index < -0.39 is 0 Å². The summed E-state index contributed by atoms with van der Waals surface area (Å²) in [6.45, 7) is 7.24. The van der Waals surface area contributed by atoms with Crippen molar-refractivity contribution >= 4 is 6.03 Å². The number of rotatable bonds is 5. The first-order valence-electron chi connectivity index (χ1n) is 6.11. The molecule has 0 aromatic heterocycles. The van der Waals surface area contributed by atoms with Gasteiger partial charge in [-0.25, -0.2) is 4.79 Å². The van der Waals surface area contributed by atoms with Gasteiger partial charge in [0.15, 0.2) is 0 Å². The zero-order valence-electron chi connectivity index (χ0n) is 9.87. The van der Waals surface area contributed by atoms with Crippen LogP contribution in [0.25, 0.3) is 0 Å². The molecule has 2 heterocycles. The topological polar surface area (TPSA) is 53.6 Å². The van der Waals surface area contributed by atoms with E-state index in [1.807, 2.05) is 4.90 Å². The summed E-state index contributed by atoms with van der Waals surface area (Å²) >= 11 is 0. The molecular weight excluding hydrogens is 206 g/mol. The van der Waals surface area contributed by atoms with Gasteiger partial charge >= 0.3 is 6.03 Å². The summed E-state index contributed by atoms with van der Waals surface area (Å²) in [4.78, 5) is 13.1. The van der Waals surface area contributed by atoms with Crippen molar-refractivity contribution in [3.8, 4) is 0 Å². The second-order valence-corrected chi connectivity index (χ2v) is 4.59. The molecule has 2 rings (SSSR count). The smallest absolute Gasteiger partial charge is 0.317 e. The standard InChI is InChI=1S/C11H21N3O2/c1-9(10-2-7-16-8-10)12-3-5-14-6-4-13-11(14)15/h9-10,12H,2-8H2,1H3,(H,13,15). The molecule has 2 aliphatic heterocycles. The number of ether oxygens (including phenoxy) is 1. The Bertz CT molecular complexity index is 241. The second-order valence-electron chi connectivity index (χ2n) is 4.59. The Morgan fingerprint density at radius 1 is 1.69 bits per heavy atom. The van der Waals surface area contributed by atoms with Crippen LogP contribution in [0.2, 0.25) is 0 Å². The second kappa shape index (κ2) is 5.50. The van der Waals surface area contributed by atoms with Gasteiger partial charge in [-0.2, -0.15) is 0 Å². The van der Waals surface area contributed by atoms with Crippen molar-refractivity contribution in [3.63, 3.8) is 0 Å². The molecule has 0 bridgehead atoms. The predicted octanol–water partition coefficient (Wildman–Crippen LogP) is 0.0262.